The number of hydrogen-bond donors (Lipinski definition) is 4. The Labute approximate surface area is 185 Å². The zero-order chi connectivity index (χ0) is 20.3. The molecule has 0 aliphatic carbocycles. The van der Waals surface area contributed by atoms with Crippen LogP contribution in [0.1, 0.15) is 57.0 Å². The minimum Gasteiger partial charge on any atom is -0.357 e. The molecular formula is C20H34IN5O2. The Morgan fingerprint density at radius 2 is 1.79 bits per heavy atom. The minimum absolute atomic E-state index is 0. The molecular weight excluding hydrogens is 469 g/mol. The number of guanidine groups is 1. The molecule has 0 spiro atoms. The predicted octanol–water partition coefficient (Wildman–Crippen LogP) is 2.41. The Morgan fingerprint density at radius 1 is 1.07 bits per heavy atom. The average molecular weight is 503 g/mol. The maximum absolute atomic E-state index is 12.1. The van der Waals surface area contributed by atoms with E-state index >= 15 is 0 Å². The Kier molecular flexibility index (Phi) is 12.5. The van der Waals surface area contributed by atoms with E-state index in [1.54, 1.807) is 6.07 Å². The van der Waals surface area contributed by atoms with E-state index in [0.29, 0.717) is 31.2 Å². The van der Waals surface area contributed by atoms with Crippen molar-refractivity contribution in [2.45, 2.75) is 53.1 Å². The highest BCUT2D eigenvalue weighted by atomic mass is 127. The second-order valence-electron chi connectivity index (χ2n) is 7.30. The van der Waals surface area contributed by atoms with Crippen LogP contribution in [0.4, 0.5) is 0 Å². The molecule has 0 bridgehead atoms. The second kappa shape index (κ2) is 13.4. The van der Waals surface area contributed by atoms with Crippen LogP contribution >= 0.6 is 24.0 Å². The molecule has 0 radical (unpaired) electrons. The highest BCUT2D eigenvalue weighted by Gasteiger charge is 2.13. The van der Waals surface area contributed by atoms with Crippen molar-refractivity contribution in [3.8, 4) is 0 Å². The standard InChI is InChI=1S/C20H33N5O2.HI/c1-6-11-22-18(27)16-10-8-9-15(12-16)13-23-19(21-7-2)24-14-17(26)25-20(3,4)5;/h8-10,12H,6-7,11,13-14H2,1-5H3,(H,22,27)(H,25,26)(H2,21,23,24);1H. The lowest BCUT2D eigenvalue weighted by Gasteiger charge is -2.21. The quantitative estimate of drug-likeness (QED) is 0.249. The summed E-state index contributed by atoms with van der Waals surface area (Å²) < 4.78 is 0. The molecule has 0 aromatic heterocycles. The molecule has 1 aromatic carbocycles. The highest BCUT2D eigenvalue weighted by Crippen LogP contribution is 2.07. The predicted molar refractivity (Wildman–Crippen MR) is 125 cm³/mol. The summed E-state index contributed by atoms with van der Waals surface area (Å²) >= 11 is 0. The molecule has 0 atom stereocenters. The normalized spacial score (nSPS) is 11.2. The van der Waals surface area contributed by atoms with Crippen molar-refractivity contribution < 1.29 is 9.59 Å². The number of rotatable bonds is 8. The Hall–Kier alpha value is -1.84. The number of hydrogen-bond acceptors (Lipinski definition) is 3. The van der Waals surface area contributed by atoms with Crippen molar-refractivity contribution in [1.82, 2.24) is 21.3 Å². The SMILES string of the molecule is CCCNC(=O)c1cccc(CN=C(NCC)NCC(=O)NC(C)(C)C)c1.I. The first kappa shape index (κ1) is 26.2. The van der Waals surface area contributed by atoms with Gasteiger partial charge in [-0.05, 0) is 51.8 Å². The van der Waals surface area contributed by atoms with E-state index in [2.05, 4.69) is 26.3 Å². The molecule has 7 nitrogen and oxygen atoms in total. The summed E-state index contributed by atoms with van der Waals surface area (Å²) in [5.41, 5.74) is 1.28. The summed E-state index contributed by atoms with van der Waals surface area (Å²) in [5, 5.41) is 11.9. The number of benzene rings is 1. The molecule has 0 fully saturated rings. The summed E-state index contributed by atoms with van der Waals surface area (Å²) in [6, 6.07) is 7.40. The maximum atomic E-state index is 12.1. The van der Waals surface area contributed by atoms with Gasteiger partial charge in [0.1, 0.15) is 0 Å². The first-order valence-corrected chi connectivity index (χ1v) is 9.45. The van der Waals surface area contributed by atoms with Crippen molar-refractivity contribution in [2.75, 3.05) is 19.6 Å². The molecule has 0 saturated heterocycles. The molecule has 158 valence electrons. The maximum Gasteiger partial charge on any atom is 0.251 e. The summed E-state index contributed by atoms with van der Waals surface area (Å²) in [7, 11) is 0. The molecule has 0 aliphatic heterocycles. The topological polar surface area (TPSA) is 94.6 Å². The third-order valence-corrected chi connectivity index (χ3v) is 3.42. The molecule has 1 rings (SSSR count). The van der Waals surface area contributed by atoms with Crippen LogP contribution in [0.3, 0.4) is 0 Å². The Bertz CT molecular complexity index is 656. The van der Waals surface area contributed by atoms with Gasteiger partial charge in [0.15, 0.2) is 5.96 Å². The Morgan fingerprint density at radius 3 is 2.39 bits per heavy atom. The van der Waals surface area contributed by atoms with Gasteiger partial charge in [0.05, 0.1) is 13.1 Å². The molecule has 28 heavy (non-hydrogen) atoms. The largest absolute Gasteiger partial charge is 0.357 e. The van der Waals surface area contributed by atoms with E-state index in [-0.39, 0.29) is 47.9 Å². The number of nitrogens with one attached hydrogen (secondary N) is 4. The van der Waals surface area contributed by atoms with Crippen molar-refractivity contribution >= 4 is 41.8 Å². The second-order valence-corrected chi connectivity index (χ2v) is 7.30. The zero-order valence-electron chi connectivity index (χ0n) is 17.5. The van der Waals surface area contributed by atoms with Crippen molar-refractivity contribution in [2.24, 2.45) is 4.99 Å². The van der Waals surface area contributed by atoms with Crippen LogP contribution in [-0.4, -0.2) is 42.9 Å². The number of halogens is 1. The molecule has 0 saturated carbocycles. The fourth-order valence-corrected chi connectivity index (χ4v) is 2.29. The van der Waals surface area contributed by atoms with Gasteiger partial charge in [0.2, 0.25) is 5.91 Å². The summed E-state index contributed by atoms with van der Waals surface area (Å²) in [4.78, 5) is 28.5. The number of carbonyl (C=O) groups is 2. The smallest absolute Gasteiger partial charge is 0.251 e. The van der Waals surface area contributed by atoms with Crippen LogP contribution in [0.25, 0.3) is 0 Å². The van der Waals surface area contributed by atoms with Gasteiger partial charge in [0.25, 0.3) is 5.91 Å². The highest BCUT2D eigenvalue weighted by molar-refractivity contribution is 14.0. The molecule has 4 N–H and O–H groups in total. The lowest BCUT2D eigenvalue weighted by molar-refractivity contribution is -0.121. The number of aliphatic imine (C=N–C) groups is 1. The van der Waals surface area contributed by atoms with Crippen LogP contribution < -0.4 is 21.3 Å². The van der Waals surface area contributed by atoms with Crippen LogP contribution in [-0.2, 0) is 11.3 Å². The number of amides is 2. The van der Waals surface area contributed by atoms with E-state index in [1.165, 1.54) is 0 Å². The van der Waals surface area contributed by atoms with Crippen LogP contribution in [0.15, 0.2) is 29.3 Å². The minimum atomic E-state index is -0.271. The molecule has 0 aliphatic rings. The van der Waals surface area contributed by atoms with Gasteiger partial charge in [-0.3, -0.25) is 9.59 Å². The first-order valence-electron chi connectivity index (χ1n) is 9.45. The fraction of sp³-hybridized carbons (Fsp3) is 0.550. The Balaban J connectivity index is 0.00000729. The van der Waals surface area contributed by atoms with E-state index in [4.69, 9.17) is 0 Å². The summed E-state index contributed by atoms with van der Waals surface area (Å²) in [6.45, 7) is 11.7. The monoisotopic (exact) mass is 503 g/mol. The fourth-order valence-electron chi connectivity index (χ4n) is 2.29. The molecule has 2 amide bonds. The van der Waals surface area contributed by atoms with Gasteiger partial charge in [-0.15, -0.1) is 24.0 Å². The van der Waals surface area contributed by atoms with Gasteiger partial charge >= 0.3 is 0 Å². The molecule has 8 heteroatoms. The molecule has 1 aromatic rings. The van der Waals surface area contributed by atoms with Crippen LogP contribution in [0, 0.1) is 0 Å². The van der Waals surface area contributed by atoms with Crippen LogP contribution in [0.2, 0.25) is 0 Å². The molecule has 0 unspecified atom stereocenters. The lowest BCUT2D eigenvalue weighted by atomic mass is 10.1. The summed E-state index contributed by atoms with van der Waals surface area (Å²) in [5.74, 6) is 0.386. The summed E-state index contributed by atoms with van der Waals surface area (Å²) in [6.07, 6.45) is 0.899. The van der Waals surface area contributed by atoms with Gasteiger partial charge in [-0.2, -0.15) is 0 Å². The van der Waals surface area contributed by atoms with E-state index < -0.39 is 0 Å². The van der Waals surface area contributed by atoms with Crippen LogP contribution in [0.5, 0.6) is 0 Å². The molecule has 0 heterocycles. The van der Waals surface area contributed by atoms with Crippen molar-refractivity contribution in [3.05, 3.63) is 35.4 Å². The van der Waals surface area contributed by atoms with Crippen molar-refractivity contribution in [3.63, 3.8) is 0 Å². The third-order valence-electron chi connectivity index (χ3n) is 3.42. The average Bonchev–Trinajstić information content (AvgIpc) is 2.60. The van der Waals surface area contributed by atoms with Crippen molar-refractivity contribution in [1.29, 1.82) is 0 Å². The van der Waals surface area contributed by atoms with E-state index in [1.807, 2.05) is 52.8 Å². The van der Waals surface area contributed by atoms with Gasteiger partial charge in [-0.1, -0.05) is 19.1 Å². The zero-order valence-corrected chi connectivity index (χ0v) is 19.8. The van der Waals surface area contributed by atoms with Gasteiger partial charge in [0, 0.05) is 24.2 Å². The number of carbonyl (C=O) groups excluding carboxylic acids is 2. The third kappa shape index (κ3) is 11.1. The lowest BCUT2D eigenvalue weighted by Crippen LogP contribution is -2.48. The van der Waals surface area contributed by atoms with Gasteiger partial charge < -0.3 is 21.3 Å². The van der Waals surface area contributed by atoms with E-state index in [9.17, 15) is 9.59 Å². The first-order chi connectivity index (χ1) is 12.7. The van der Waals surface area contributed by atoms with E-state index in [0.717, 1.165) is 12.0 Å². The van der Waals surface area contributed by atoms with Gasteiger partial charge in [-0.25, -0.2) is 4.99 Å². The number of nitrogens with zero attached hydrogens (tertiary/aromatic N) is 1.